The molecule has 2 atom stereocenters. The molecular weight excluding hydrogens is 665 g/mol. The fraction of sp³-hybridized carbons (Fsp3) is 0.520. The molecule has 2 unspecified atom stereocenters. The normalized spacial score (nSPS) is 18.7. The van der Waals surface area contributed by atoms with Crippen LogP contribution in [0.25, 0.3) is 0 Å². The Bertz CT molecular complexity index is 1780. The highest BCUT2D eigenvalue weighted by atomic mass is 16.6. The van der Waals surface area contributed by atoms with Crippen LogP contribution in [0, 0.1) is 0 Å². The second-order valence-electron chi connectivity index (χ2n) is 20.6. The molecule has 0 spiro atoms. The van der Waals surface area contributed by atoms with E-state index in [-0.39, 0.29) is 33.9 Å². The summed E-state index contributed by atoms with van der Waals surface area (Å²) >= 11 is 0. The highest BCUT2D eigenvalue weighted by molar-refractivity contribution is 5.55. The van der Waals surface area contributed by atoms with Gasteiger partial charge in [0, 0.05) is 25.7 Å². The van der Waals surface area contributed by atoms with Crippen LogP contribution in [0.5, 0.6) is 11.5 Å². The van der Waals surface area contributed by atoms with Gasteiger partial charge in [-0.15, -0.1) is 0 Å². The molecule has 2 aliphatic heterocycles. The van der Waals surface area contributed by atoms with Crippen LogP contribution in [0.1, 0.15) is 150 Å². The van der Waals surface area contributed by atoms with E-state index >= 15 is 0 Å². The van der Waals surface area contributed by atoms with Crippen molar-refractivity contribution in [1.29, 1.82) is 0 Å². The predicted octanol–water partition coefficient (Wildman–Crippen LogP) is 11.1. The Labute approximate surface area is 326 Å². The van der Waals surface area contributed by atoms with E-state index in [2.05, 4.69) is 144 Å². The largest absolute Gasteiger partial charge is 0.490 e. The lowest BCUT2D eigenvalue weighted by atomic mass is 9.79. The summed E-state index contributed by atoms with van der Waals surface area (Å²) in [6.07, 6.45) is 3.50. The molecule has 0 aromatic heterocycles. The summed E-state index contributed by atoms with van der Waals surface area (Å²) in [5.74, 6) is 2.04. The Morgan fingerprint density at radius 1 is 0.407 bits per heavy atom. The molecule has 0 N–H and O–H groups in total. The quantitative estimate of drug-likeness (QED) is 0.163. The van der Waals surface area contributed by atoms with Crippen LogP contribution in [-0.4, -0.2) is 38.6 Å². The van der Waals surface area contributed by atoms with Gasteiger partial charge in [0.05, 0.1) is 13.2 Å². The second kappa shape index (κ2) is 14.2. The molecule has 4 aromatic rings. The summed E-state index contributed by atoms with van der Waals surface area (Å²) in [6.45, 7) is 30.6. The lowest BCUT2D eigenvalue weighted by Gasteiger charge is -2.27. The molecule has 4 nitrogen and oxygen atoms in total. The molecule has 0 amide bonds. The third kappa shape index (κ3) is 9.25. The molecule has 0 saturated carbocycles. The number of rotatable bonds is 6. The van der Waals surface area contributed by atoms with Crippen LogP contribution >= 0.6 is 0 Å². The molecule has 2 fully saturated rings. The Hall–Kier alpha value is -3.60. The summed E-state index contributed by atoms with van der Waals surface area (Å²) < 4.78 is 25.0. The van der Waals surface area contributed by atoms with Crippen molar-refractivity contribution in [2.45, 2.75) is 143 Å². The van der Waals surface area contributed by atoms with Crippen molar-refractivity contribution in [2.24, 2.45) is 0 Å². The lowest BCUT2D eigenvalue weighted by molar-refractivity contribution is 0.259. The smallest absolute Gasteiger partial charge is 0.126 e. The molecule has 0 radical (unpaired) electrons. The van der Waals surface area contributed by atoms with Crippen LogP contribution in [-0.2, 0) is 56.8 Å². The second-order valence-corrected chi connectivity index (χ2v) is 20.6. The SMILES string of the molecule is CC(C)(C)c1cc2cc(c1)Cc1cc(C(C)(C)C)cc(c1OCC1CO1)Cc1cc(cc(C(C)(C)C)c1)Cc1cc(C(C)(C)C)cc(c1OCC1CO1)C2. The predicted molar refractivity (Wildman–Crippen MR) is 222 cm³/mol. The van der Waals surface area contributed by atoms with Gasteiger partial charge in [0.15, 0.2) is 0 Å². The topological polar surface area (TPSA) is 43.5 Å². The zero-order chi connectivity index (χ0) is 38.8. The number of hydrogen-bond donors (Lipinski definition) is 0. The van der Waals surface area contributed by atoms with Crippen molar-refractivity contribution in [3.8, 4) is 11.5 Å². The van der Waals surface area contributed by atoms with Crippen molar-refractivity contribution in [1.82, 2.24) is 0 Å². The molecule has 4 heteroatoms. The van der Waals surface area contributed by atoms with E-state index in [0.717, 1.165) is 50.4 Å². The number of benzene rings is 4. The Morgan fingerprint density at radius 3 is 0.870 bits per heavy atom. The molecule has 2 heterocycles. The molecule has 8 bridgehead atoms. The minimum Gasteiger partial charge on any atom is -0.490 e. The van der Waals surface area contributed by atoms with Crippen LogP contribution < -0.4 is 9.47 Å². The summed E-state index contributed by atoms with van der Waals surface area (Å²) in [4.78, 5) is 0. The van der Waals surface area contributed by atoms with E-state index in [0.29, 0.717) is 13.2 Å². The molecule has 7 rings (SSSR count). The van der Waals surface area contributed by atoms with Crippen LogP contribution in [0.4, 0.5) is 0 Å². The molecule has 2 saturated heterocycles. The van der Waals surface area contributed by atoms with Gasteiger partial charge in [-0.1, -0.05) is 144 Å². The summed E-state index contributed by atoms with van der Waals surface area (Å²) in [6, 6.07) is 24.3. The number of fused-ring (bicyclic) bond motifs is 8. The average molecular weight is 729 g/mol. The minimum absolute atomic E-state index is 0.0127. The van der Waals surface area contributed by atoms with Gasteiger partial charge in [0.2, 0.25) is 0 Å². The molecule has 1 aliphatic carbocycles. The van der Waals surface area contributed by atoms with E-state index < -0.39 is 0 Å². The first-order chi connectivity index (χ1) is 25.2. The van der Waals surface area contributed by atoms with Gasteiger partial charge < -0.3 is 18.9 Å². The molecule has 54 heavy (non-hydrogen) atoms. The van der Waals surface area contributed by atoms with Gasteiger partial charge >= 0.3 is 0 Å². The van der Waals surface area contributed by atoms with Gasteiger partial charge in [-0.3, -0.25) is 0 Å². The maximum Gasteiger partial charge on any atom is 0.126 e. The van der Waals surface area contributed by atoms with E-state index in [9.17, 15) is 0 Å². The Kier molecular flexibility index (Phi) is 10.1. The van der Waals surface area contributed by atoms with E-state index in [1.165, 1.54) is 66.8 Å². The number of hydrogen-bond acceptors (Lipinski definition) is 4. The van der Waals surface area contributed by atoms with Crippen molar-refractivity contribution in [3.63, 3.8) is 0 Å². The summed E-state index contributed by atoms with van der Waals surface area (Å²) in [5, 5.41) is 0. The number of epoxide rings is 2. The van der Waals surface area contributed by atoms with Gasteiger partial charge in [-0.05, 0) is 88.4 Å². The van der Waals surface area contributed by atoms with Gasteiger partial charge in [-0.25, -0.2) is 0 Å². The average Bonchev–Trinajstić information content (AvgIpc) is 3.98. The highest BCUT2D eigenvalue weighted by Gasteiger charge is 2.29. The van der Waals surface area contributed by atoms with Gasteiger partial charge in [0.1, 0.15) is 36.9 Å². The standard InChI is InChI=1S/C50H64O4/c1-47(2,3)39-19-31-13-32(20-39)16-36-24-42(50(10,11)12)26-38(46(36)54-30-44-28-52-44)18-34-14-33(21-40(22-34)48(4,5)6)17-37-25-41(49(7,8)9)23-35(15-31)45(37)53-29-43-27-51-43/h13-14,19-26,43-44H,15-18,27-30H2,1-12H3. The highest BCUT2D eigenvalue weighted by Crippen LogP contribution is 2.40. The minimum atomic E-state index is -0.0191. The van der Waals surface area contributed by atoms with Crippen molar-refractivity contribution in [3.05, 3.63) is 127 Å². The van der Waals surface area contributed by atoms with Gasteiger partial charge in [-0.2, -0.15) is 0 Å². The van der Waals surface area contributed by atoms with Crippen LogP contribution in [0.3, 0.4) is 0 Å². The van der Waals surface area contributed by atoms with Crippen molar-refractivity contribution >= 4 is 0 Å². The van der Waals surface area contributed by atoms with Gasteiger partial charge in [0.25, 0.3) is 0 Å². The first-order valence-corrected chi connectivity index (χ1v) is 20.3. The first-order valence-electron chi connectivity index (χ1n) is 20.3. The zero-order valence-corrected chi connectivity index (χ0v) is 35.2. The Balaban J connectivity index is 1.50. The zero-order valence-electron chi connectivity index (χ0n) is 35.2. The molecule has 3 aliphatic rings. The van der Waals surface area contributed by atoms with Crippen LogP contribution in [0.15, 0.2) is 60.7 Å². The van der Waals surface area contributed by atoms with E-state index in [1.54, 1.807) is 0 Å². The van der Waals surface area contributed by atoms with E-state index in [4.69, 9.17) is 18.9 Å². The van der Waals surface area contributed by atoms with Crippen molar-refractivity contribution < 1.29 is 18.9 Å². The van der Waals surface area contributed by atoms with Crippen molar-refractivity contribution in [2.75, 3.05) is 26.4 Å². The molecule has 288 valence electrons. The molecule has 4 aromatic carbocycles. The third-order valence-corrected chi connectivity index (χ3v) is 11.3. The Morgan fingerprint density at radius 2 is 0.648 bits per heavy atom. The monoisotopic (exact) mass is 728 g/mol. The number of ether oxygens (including phenoxy) is 4. The van der Waals surface area contributed by atoms with E-state index in [1.807, 2.05) is 0 Å². The maximum absolute atomic E-state index is 6.84. The first kappa shape index (κ1) is 38.7. The summed E-state index contributed by atoms with van der Waals surface area (Å²) in [7, 11) is 0. The molecular formula is C50H64O4. The lowest BCUT2D eigenvalue weighted by Crippen LogP contribution is -2.17. The van der Waals surface area contributed by atoms with Crippen LogP contribution in [0.2, 0.25) is 0 Å². The third-order valence-electron chi connectivity index (χ3n) is 11.3. The maximum atomic E-state index is 6.84. The fourth-order valence-corrected chi connectivity index (χ4v) is 7.63. The summed E-state index contributed by atoms with van der Waals surface area (Å²) in [5.41, 5.74) is 15.6. The fourth-order valence-electron chi connectivity index (χ4n) is 7.63.